The Labute approximate surface area is 102 Å². The molecular formula is C13H8O5. The smallest absolute Gasteiger partial charge is 0.230 e. The minimum atomic E-state index is 0.101. The van der Waals surface area contributed by atoms with Gasteiger partial charge in [-0.25, -0.2) is 0 Å². The van der Waals surface area contributed by atoms with E-state index in [1.54, 1.807) is 6.07 Å². The van der Waals surface area contributed by atoms with E-state index >= 15 is 0 Å². The van der Waals surface area contributed by atoms with Gasteiger partial charge in [-0.2, -0.15) is 0 Å². The van der Waals surface area contributed by atoms with Crippen LogP contribution in [-0.4, -0.2) is 19.9 Å². The van der Waals surface area contributed by atoms with Crippen LogP contribution in [0.15, 0.2) is 18.2 Å². The van der Waals surface area contributed by atoms with E-state index in [1.807, 2.05) is 12.1 Å². The van der Waals surface area contributed by atoms with Gasteiger partial charge in [0.2, 0.25) is 13.6 Å². The summed E-state index contributed by atoms with van der Waals surface area (Å²) in [6.45, 7) is 0.240. The van der Waals surface area contributed by atoms with Crippen molar-refractivity contribution in [2.75, 3.05) is 13.6 Å². The molecule has 0 unspecified atom stereocenters. The molecule has 0 saturated heterocycles. The van der Waals surface area contributed by atoms with Crippen molar-refractivity contribution in [2.24, 2.45) is 0 Å². The first-order valence-corrected chi connectivity index (χ1v) is 5.48. The summed E-state index contributed by atoms with van der Waals surface area (Å²) in [4.78, 5) is 11.1. The van der Waals surface area contributed by atoms with Gasteiger partial charge in [-0.3, -0.25) is 4.79 Å². The Morgan fingerprint density at radius 2 is 1.56 bits per heavy atom. The Morgan fingerprint density at radius 3 is 2.33 bits per heavy atom. The first kappa shape index (κ1) is 9.58. The fraction of sp³-hybridized carbons (Fsp3) is 0.154. The van der Waals surface area contributed by atoms with Crippen molar-refractivity contribution in [1.29, 1.82) is 0 Å². The Kier molecular flexibility index (Phi) is 1.75. The van der Waals surface area contributed by atoms with Crippen molar-refractivity contribution >= 4 is 17.1 Å². The van der Waals surface area contributed by atoms with Crippen LogP contribution in [0.1, 0.15) is 10.4 Å². The zero-order valence-corrected chi connectivity index (χ0v) is 9.26. The van der Waals surface area contributed by atoms with Gasteiger partial charge in [-0.1, -0.05) is 0 Å². The quantitative estimate of drug-likeness (QED) is 0.719. The van der Waals surface area contributed by atoms with Gasteiger partial charge in [0.15, 0.2) is 6.29 Å². The molecule has 0 radical (unpaired) electrons. The van der Waals surface area contributed by atoms with Gasteiger partial charge in [-0.15, -0.1) is 0 Å². The van der Waals surface area contributed by atoms with Crippen LogP contribution in [-0.2, 0) is 0 Å². The highest BCUT2D eigenvalue weighted by Gasteiger charge is 2.26. The van der Waals surface area contributed by atoms with Gasteiger partial charge in [0.25, 0.3) is 0 Å². The number of hydrogen-bond donors (Lipinski definition) is 0. The molecule has 0 saturated carbocycles. The van der Waals surface area contributed by atoms with E-state index in [0.717, 1.165) is 17.1 Å². The lowest BCUT2D eigenvalue weighted by molar-refractivity contribution is 0.1000. The number of benzene rings is 2. The first-order chi connectivity index (χ1) is 8.88. The van der Waals surface area contributed by atoms with Crippen LogP contribution < -0.4 is 18.9 Å². The van der Waals surface area contributed by atoms with Gasteiger partial charge >= 0.3 is 0 Å². The molecule has 0 N–H and O–H groups in total. The monoisotopic (exact) mass is 244 g/mol. The molecule has 4 rings (SSSR count). The lowest BCUT2D eigenvalue weighted by Crippen LogP contribution is -2.16. The predicted octanol–water partition coefficient (Wildman–Crippen LogP) is 2.11. The molecule has 2 aliphatic heterocycles. The molecule has 0 spiro atoms. The predicted molar refractivity (Wildman–Crippen MR) is 61.6 cm³/mol. The fourth-order valence-electron chi connectivity index (χ4n) is 2.36. The summed E-state index contributed by atoms with van der Waals surface area (Å²) in [5.41, 5.74) is 0.459. The number of aldehydes is 1. The summed E-state index contributed by atoms with van der Waals surface area (Å²) in [6, 6.07) is 5.32. The van der Waals surface area contributed by atoms with Gasteiger partial charge in [0.05, 0.1) is 16.3 Å². The van der Waals surface area contributed by atoms with Gasteiger partial charge in [0, 0.05) is 0 Å². The summed E-state index contributed by atoms with van der Waals surface area (Å²) >= 11 is 0. The molecule has 18 heavy (non-hydrogen) atoms. The van der Waals surface area contributed by atoms with Gasteiger partial charge in [-0.05, 0) is 18.2 Å². The molecule has 0 aromatic heterocycles. The van der Waals surface area contributed by atoms with Crippen molar-refractivity contribution in [1.82, 2.24) is 0 Å². The van der Waals surface area contributed by atoms with Crippen LogP contribution in [0, 0.1) is 0 Å². The van der Waals surface area contributed by atoms with Crippen molar-refractivity contribution < 1.29 is 23.7 Å². The molecule has 5 heteroatoms. The van der Waals surface area contributed by atoms with E-state index < -0.39 is 0 Å². The Balaban J connectivity index is 2.22. The third-order valence-electron chi connectivity index (χ3n) is 3.12. The van der Waals surface area contributed by atoms with Crippen LogP contribution in [0.25, 0.3) is 10.8 Å². The van der Waals surface area contributed by atoms with Gasteiger partial charge in [0.1, 0.15) is 23.0 Å². The van der Waals surface area contributed by atoms with Crippen molar-refractivity contribution in [3.05, 3.63) is 23.8 Å². The van der Waals surface area contributed by atoms with E-state index in [4.69, 9.17) is 18.9 Å². The van der Waals surface area contributed by atoms with Crippen LogP contribution in [0.2, 0.25) is 0 Å². The highest BCUT2D eigenvalue weighted by molar-refractivity contribution is 6.06. The zero-order chi connectivity index (χ0) is 12.1. The maximum absolute atomic E-state index is 11.1. The molecule has 0 atom stereocenters. The van der Waals surface area contributed by atoms with Gasteiger partial charge < -0.3 is 18.9 Å². The highest BCUT2D eigenvalue weighted by atomic mass is 16.7. The van der Waals surface area contributed by atoms with Crippen molar-refractivity contribution in [3.8, 4) is 23.0 Å². The van der Waals surface area contributed by atoms with E-state index in [0.29, 0.717) is 28.6 Å². The average Bonchev–Trinajstić information content (AvgIpc) is 2.44. The molecule has 90 valence electrons. The van der Waals surface area contributed by atoms with Crippen LogP contribution >= 0.6 is 0 Å². The Bertz CT molecular complexity index is 677. The summed E-state index contributed by atoms with van der Waals surface area (Å²) in [6.07, 6.45) is 0.756. The molecule has 2 aliphatic rings. The molecular weight excluding hydrogens is 236 g/mol. The largest absolute Gasteiger partial charge is 0.457 e. The fourth-order valence-corrected chi connectivity index (χ4v) is 2.36. The van der Waals surface area contributed by atoms with E-state index in [2.05, 4.69) is 0 Å². The molecule has 0 bridgehead atoms. The number of ether oxygens (including phenoxy) is 4. The summed E-state index contributed by atoms with van der Waals surface area (Å²) in [7, 11) is 0. The topological polar surface area (TPSA) is 54.0 Å². The minimum Gasteiger partial charge on any atom is -0.457 e. The van der Waals surface area contributed by atoms with E-state index in [-0.39, 0.29) is 13.6 Å². The van der Waals surface area contributed by atoms with E-state index in [9.17, 15) is 4.79 Å². The van der Waals surface area contributed by atoms with Crippen molar-refractivity contribution in [3.63, 3.8) is 0 Å². The maximum Gasteiger partial charge on any atom is 0.230 e. The lowest BCUT2D eigenvalue weighted by Gasteiger charge is -2.25. The second-order valence-electron chi connectivity index (χ2n) is 4.04. The van der Waals surface area contributed by atoms with Crippen LogP contribution in [0.3, 0.4) is 0 Å². The normalized spacial score (nSPS) is 15.1. The highest BCUT2D eigenvalue weighted by Crippen LogP contribution is 2.48. The Morgan fingerprint density at radius 1 is 0.889 bits per heavy atom. The molecule has 2 aromatic carbocycles. The van der Waals surface area contributed by atoms with Crippen LogP contribution in [0.4, 0.5) is 0 Å². The Hall–Kier alpha value is -2.43. The molecule has 0 fully saturated rings. The number of carbonyl (C=O) groups is 1. The summed E-state index contributed by atoms with van der Waals surface area (Å²) < 4.78 is 21.7. The summed E-state index contributed by atoms with van der Waals surface area (Å²) in [5.74, 6) is 2.53. The second-order valence-corrected chi connectivity index (χ2v) is 4.04. The molecule has 0 aliphatic carbocycles. The number of hydrogen-bond acceptors (Lipinski definition) is 5. The van der Waals surface area contributed by atoms with E-state index in [1.165, 1.54) is 0 Å². The SMILES string of the molecule is O=Cc1cc2c3c(ccc4c3c1OCO4)OCO2. The number of carbonyl (C=O) groups excluding carboxylic acids is 1. The third kappa shape index (κ3) is 1.08. The van der Waals surface area contributed by atoms with Crippen LogP contribution in [0.5, 0.6) is 23.0 Å². The maximum atomic E-state index is 11.1. The standard InChI is InChI=1S/C13H8O5/c14-4-7-3-10-11-8(15-5-17-10)1-2-9-12(11)13(7)18-6-16-9/h1-4H,5-6H2. The molecule has 0 amide bonds. The second kappa shape index (κ2) is 3.29. The molecule has 2 heterocycles. The molecule has 2 aromatic rings. The lowest BCUT2D eigenvalue weighted by atomic mass is 10.0. The summed E-state index contributed by atoms with van der Waals surface area (Å²) in [5, 5.41) is 1.53. The van der Waals surface area contributed by atoms with Crippen molar-refractivity contribution in [2.45, 2.75) is 0 Å². The molecule has 5 nitrogen and oxygen atoms in total. The minimum absolute atomic E-state index is 0.101. The zero-order valence-electron chi connectivity index (χ0n) is 9.26. The first-order valence-electron chi connectivity index (χ1n) is 5.48. The average molecular weight is 244 g/mol. The third-order valence-corrected chi connectivity index (χ3v) is 3.12. The number of rotatable bonds is 1.